The molecule has 3 aromatic rings. The summed E-state index contributed by atoms with van der Waals surface area (Å²) in [6.45, 7) is -0.832. The predicted octanol–water partition coefficient (Wildman–Crippen LogP) is 0.442. The molecule has 3 aromatic heterocycles. The fraction of sp³-hybridized carbons (Fsp3) is 0.591. The molecule has 4 aliphatic rings. The van der Waals surface area contributed by atoms with Crippen LogP contribution < -0.4 is 10.6 Å². The molecule has 6 N–H and O–H groups in total. The van der Waals surface area contributed by atoms with Crippen LogP contribution in [0.2, 0.25) is 0 Å². The molecule has 7 rings (SSSR count). The van der Waals surface area contributed by atoms with Gasteiger partial charge in [-0.1, -0.05) is 5.16 Å². The average Bonchev–Trinajstić information content (AvgIpc) is 3.48. The zero-order valence-corrected chi connectivity index (χ0v) is 18.4. The van der Waals surface area contributed by atoms with E-state index in [1.807, 2.05) is 0 Å². The number of H-pyrrole nitrogens is 1. The molecule has 180 valence electrons. The first kappa shape index (κ1) is 21.4. The molecule has 5 atom stereocenters. The van der Waals surface area contributed by atoms with Crippen molar-refractivity contribution in [3.05, 3.63) is 18.3 Å². The second-order valence-electron chi connectivity index (χ2n) is 9.97. The molecule has 0 spiro atoms. The van der Waals surface area contributed by atoms with Gasteiger partial charge in [-0.25, -0.2) is 9.97 Å². The monoisotopic (exact) mass is 469 g/mol. The smallest absolute Gasteiger partial charge is 0.293 e. The van der Waals surface area contributed by atoms with Crippen molar-refractivity contribution in [3.63, 3.8) is 0 Å². The number of aliphatic hydroxyl groups is 3. The lowest BCUT2D eigenvalue weighted by Gasteiger charge is -2.58. The molecule has 4 fully saturated rings. The van der Waals surface area contributed by atoms with Crippen LogP contribution in [-0.2, 0) is 0 Å². The predicted molar refractivity (Wildman–Crippen MR) is 119 cm³/mol. The quantitative estimate of drug-likeness (QED) is 0.284. The number of rotatable bonds is 7. The zero-order valence-electron chi connectivity index (χ0n) is 18.4. The van der Waals surface area contributed by atoms with Gasteiger partial charge in [0.2, 0.25) is 0 Å². The average molecular weight is 470 g/mol. The third-order valence-corrected chi connectivity index (χ3v) is 7.64. The number of nitrogens with one attached hydrogen (secondary N) is 3. The van der Waals surface area contributed by atoms with Crippen LogP contribution >= 0.6 is 0 Å². The maximum Gasteiger partial charge on any atom is 0.293 e. The highest BCUT2D eigenvalue weighted by molar-refractivity contribution is 5.95. The summed E-state index contributed by atoms with van der Waals surface area (Å²) in [5, 5.41) is 39.3. The summed E-state index contributed by atoms with van der Waals surface area (Å²) in [4.78, 5) is 28.5. The number of anilines is 1. The van der Waals surface area contributed by atoms with E-state index in [0.29, 0.717) is 40.2 Å². The zero-order chi connectivity index (χ0) is 23.4. The first-order chi connectivity index (χ1) is 16.5. The summed E-state index contributed by atoms with van der Waals surface area (Å²) in [6, 6.07) is -0.640. The summed E-state index contributed by atoms with van der Waals surface area (Å²) >= 11 is 0. The van der Waals surface area contributed by atoms with E-state index >= 15 is 0 Å². The molecule has 12 heteroatoms. The van der Waals surface area contributed by atoms with Gasteiger partial charge in [0.25, 0.3) is 17.6 Å². The summed E-state index contributed by atoms with van der Waals surface area (Å²) in [5.74, 6) is 0.541. The lowest BCUT2D eigenvalue weighted by atomic mass is 9.52. The third-order valence-electron chi connectivity index (χ3n) is 7.64. The van der Waals surface area contributed by atoms with Crippen molar-refractivity contribution >= 4 is 22.8 Å². The Balaban J connectivity index is 1.32. The van der Waals surface area contributed by atoms with Gasteiger partial charge in [-0.05, 0) is 49.9 Å². The number of amides is 1. The van der Waals surface area contributed by atoms with Crippen LogP contribution in [0.4, 0.5) is 5.69 Å². The SMILES string of the molecule is O=C(NC(CO)CO)c1noc(-c2cnc3[nH]cnc3c2N[C@H]2[C@@H]3CC4C[C@H]2C[C@@](O)(C4)C3)n1. The minimum atomic E-state index is -0.819. The maximum absolute atomic E-state index is 12.4. The topological polar surface area (TPSA) is 182 Å². The van der Waals surface area contributed by atoms with Crippen LogP contribution in [0.3, 0.4) is 0 Å². The Hall–Kier alpha value is -3.09. The van der Waals surface area contributed by atoms with Crippen molar-refractivity contribution in [1.82, 2.24) is 30.4 Å². The first-order valence-corrected chi connectivity index (χ1v) is 11.6. The number of hydrogen-bond acceptors (Lipinski definition) is 10. The number of aromatic nitrogens is 5. The highest BCUT2D eigenvalue weighted by Crippen LogP contribution is 2.56. The van der Waals surface area contributed by atoms with E-state index in [2.05, 4.69) is 35.7 Å². The molecular weight excluding hydrogens is 442 g/mol. The van der Waals surface area contributed by atoms with Gasteiger partial charge >= 0.3 is 0 Å². The molecule has 1 unspecified atom stereocenters. The first-order valence-electron chi connectivity index (χ1n) is 11.6. The van der Waals surface area contributed by atoms with Crippen LogP contribution in [0.15, 0.2) is 17.0 Å². The van der Waals surface area contributed by atoms with Crippen molar-refractivity contribution < 1.29 is 24.6 Å². The number of hydrogen-bond donors (Lipinski definition) is 6. The van der Waals surface area contributed by atoms with Gasteiger partial charge in [0, 0.05) is 12.2 Å². The normalized spacial score (nSPS) is 29.8. The van der Waals surface area contributed by atoms with Gasteiger partial charge in [-0.15, -0.1) is 0 Å². The van der Waals surface area contributed by atoms with Crippen LogP contribution in [0.25, 0.3) is 22.6 Å². The highest BCUT2D eigenvalue weighted by Gasteiger charge is 2.54. The molecule has 12 nitrogen and oxygen atoms in total. The minimum Gasteiger partial charge on any atom is -0.394 e. The Labute approximate surface area is 194 Å². The van der Waals surface area contributed by atoms with Gasteiger partial charge < -0.3 is 35.5 Å². The fourth-order valence-corrected chi connectivity index (χ4v) is 6.41. The number of aromatic amines is 1. The molecule has 0 radical (unpaired) electrons. The van der Waals surface area contributed by atoms with Gasteiger partial charge in [0.15, 0.2) is 5.65 Å². The highest BCUT2D eigenvalue weighted by atomic mass is 16.5. The van der Waals surface area contributed by atoms with E-state index in [-0.39, 0.29) is 17.8 Å². The van der Waals surface area contributed by atoms with Gasteiger partial charge in [-0.2, -0.15) is 4.98 Å². The van der Waals surface area contributed by atoms with Crippen LogP contribution in [0.5, 0.6) is 0 Å². The van der Waals surface area contributed by atoms with Crippen LogP contribution in [-0.4, -0.2) is 77.2 Å². The van der Waals surface area contributed by atoms with Crippen molar-refractivity contribution in [3.8, 4) is 11.5 Å². The molecule has 4 saturated carbocycles. The van der Waals surface area contributed by atoms with Gasteiger partial charge in [0.05, 0.1) is 42.4 Å². The second-order valence-corrected chi connectivity index (χ2v) is 9.97. The van der Waals surface area contributed by atoms with Crippen molar-refractivity contribution in [2.75, 3.05) is 18.5 Å². The van der Waals surface area contributed by atoms with E-state index in [9.17, 15) is 20.1 Å². The van der Waals surface area contributed by atoms with E-state index < -0.39 is 30.8 Å². The van der Waals surface area contributed by atoms with Gasteiger partial charge in [0.1, 0.15) is 5.52 Å². The molecular formula is C22H27N7O5. The van der Waals surface area contributed by atoms with E-state index in [0.717, 1.165) is 32.1 Å². The molecule has 4 aliphatic carbocycles. The minimum absolute atomic E-state index is 0.108. The molecule has 0 aliphatic heterocycles. The molecule has 34 heavy (non-hydrogen) atoms. The molecule has 4 bridgehead atoms. The Morgan fingerprint density at radius 1 is 1.21 bits per heavy atom. The Kier molecular flexibility index (Phi) is 5.04. The number of nitrogens with zero attached hydrogens (tertiary/aromatic N) is 4. The van der Waals surface area contributed by atoms with Crippen molar-refractivity contribution in [2.45, 2.75) is 49.8 Å². The number of fused-ring (bicyclic) bond motifs is 1. The summed E-state index contributed by atoms with van der Waals surface area (Å²) in [6.07, 6.45) is 7.88. The largest absolute Gasteiger partial charge is 0.394 e. The molecule has 3 heterocycles. The summed E-state index contributed by atoms with van der Waals surface area (Å²) < 4.78 is 5.41. The van der Waals surface area contributed by atoms with Crippen molar-refractivity contribution in [2.24, 2.45) is 17.8 Å². The Morgan fingerprint density at radius 2 is 1.97 bits per heavy atom. The van der Waals surface area contributed by atoms with Crippen molar-refractivity contribution in [1.29, 1.82) is 0 Å². The number of imidazole rings is 1. The maximum atomic E-state index is 12.4. The Morgan fingerprint density at radius 3 is 2.68 bits per heavy atom. The molecule has 1 amide bonds. The van der Waals surface area contributed by atoms with E-state index in [1.165, 1.54) is 0 Å². The summed E-state index contributed by atoms with van der Waals surface area (Å²) in [5.41, 5.74) is 1.94. The number of carbonyl (C=O) groups excluding carboxylic acids is 1. The number of carbonyl (C=O) groups is 1. The van der Waals surface area contributed by atoms with E-state index in [4.69, 9.17) is 4.52 Å². The standard InChI is InChI=1S/C22H27N7O5/c30-7-13(8-31)26-20(32)19-28-21(34-29-19)14-6-23-18-17(24-9-25-18)16(14)27-15-11-1-10-2-12(15)5-22(33,3-10)4-11/h6,9-13,15,30-31,33H,1-5,7-8H2,(H,26,32)(H2,23,24,25,27)/t10?,11-,12+,15+,22-. The number of aliphatic hydroxyl groups excluding tert-OH is 2. The second kappa shape index (κ2) is 8.00. The summed E-state index contributed by atoms with van der Waals surface area (Å²) in [7, 11) is 0. The van der Waals surface area contributed by atoms with Crippen LogP contribution in [0.1, 0.15) is 42.7 Å². The fourth-order valence-electron chi connectivity index (χ4n) is 6.41. The van der Waals surface area contributed by atoms with E-state index in [1.54, 1.807) is 12.5 Å². The third kappa shape index (κ3) is 3.53. The van der Waals surface area contributed by atoms with Gasteiger partial charge in [-0.3, -0.25) is 4.79 Å². The Bertz CT molecular complexity index is 1210. The molecule has 0 saturated heterocycles. The number of pyridine rings is 1. The lowest BCUT2D eigenvalue weighted by molar-refractivity contribution is -0.129. The van der Waals surface area contributed by atoms with Crippen LogP contribution in [0, 0.1) is 17.8 Å². The molecule has 0 aromatic carbocycles. The lowest BCUT2D eigenvalue weighted by Crippen LogP contribution is -2.59.